The molecule has 0 amide bonds. The average Bonchev–Trinajstić information content (AvgIpc) is 2.73. The first kappa shape index (κ1) is 11.5. The third-order valence-corrected chi connectivity index (χ3v) is 4.83. The Morgan fingerprint density at radius 1 is 1.33 bits per heavy atom. The van der Waals surface area contributed by atoms with Crippen LogP contribution in [0.2, 0.25) is 0 Å². The highest BCUT2D eigenvalue weighted by atomic mass is 32.2. The summed E-state index contributed by atoms with van der Waals surface area (Å²) in [4.78, 5) is 0. The van der Waals surface area contributed by atoms with E-state index in [4.69, 9.17) is 17.3 Å². The summed E-state index contributed by atoms with van der Waals surface area (Å²) in [5, 5.41) is 16.9. The minimum absolute atomic E-state index is 0.327. The molecule has 3 atom stereocenters. The van der Waals surface area contributed by atoms with Crippen molar-refractivity contribution < 1.29 is 5.11 Å². The zero-order valence-corrected chi connectivity index (χ0v) is 10.4. The number of thiocarbonyl (C=S) groups is 1. The number of unbranched alkanes of at least 4 members (excludes halogenated alkanes) is 2. The molecule has 0 spiro atoms. The van der Waals surface area contributed by atoms with Crippen LogP contribution >= 0.6 is 24.0 Å². The van der Waals surface area contributed by atoms with Crippen molar-refractivity contribution >= 4 is 29.1 Å². The van der Waals surface area contributed by atoms with Crippen LogP contribution in [0.3, 0.4) is 0 Å². The summed E-state index contributed by atoms with van der Waals surface area (Å²) in [6.07, 6.45) is 4.54. The molecule has 0 saturated carbocycles. The third-order valence-electron chi connectivity index (χ3n) is 3.08. The van der Waals surface area contributed by atoms with E-state index < -0.39 is 0 Å². The second kappa shape index (κ2) is 5.37. The number of aliphatic hydroxyl groups excluding tert-OH is 1. The number of hydrogen-bond acceptors (Lipinski definition) is 3. The maximum atomic E-state index is 8.70. The van der Waals surface area contributed by atoms with Crippen LogP contribution in [0.5, 0.6) is 0 Å². The van der Waals surface area contributed by atoms with Crippen LogP contribution < -0.4 is 10.6 Å². The van der Waals surface area contributed by atoms with Gasteiger partial charge < -0.3 is 15.7 Å². The smallest absolute Gasteiger partial charge is 0.166 e. The standard InChI is InChI=1S/C10H18N2OS2/c13-5-3-1-2-4-8-9-7(6-15-8)11-10(14)12-9/h7-9,13H,1-6H2,(H2,11,12,14). The van der Waals surface area contributed by atoms with Gasteiger partial charge in [-0.05, 0) is 25.1 Å². The molecule has 2 saturated heterocycles. The summed E-state index contributed by atoms with van der Waals surface area (Å²) in [7, 11) is 0. The molecule has 2 heterocycles. The molecule has 15 heavy (non-hydrogen) atoms. The zero-order chi connectivity index (χ0) is 10.7. The minimum Gasteiger partial charge on any atom is -0.396 e. The van der Waals surface area contributed by atoms with Gasteiger partial charge in [0.15, 0.2) is 5.11 Å². The highest BCUT2D eigenvalue weighted by molar-refractivity contribution is 8.00. The van der Waals surface area contributed by atoms with E-state index in [0.717, 1.165) is 18.0 Å². The normalized spacial score (nSPS) is 33.7. The Labute approximate surface area is 100 Å². The lowest BCUT2D eigenvalue weighted by atomic mass is 10.0. The van der Waals surface area contributed by atoms with Crippen LogP contribution in [0.4, 0.5) is 0 Å². The average molecular weight is 246 g/mol. The molecule has 0 aromatic rings. The molecule has 0 aromatic heterocycles. The predicted octanol–water partition coefficient (Wildman–Crippen LogP) is 0.869. The number of aliphatic hydroxyl groups is 1. The van der Waals surface area contributed by atoms with E-state index in [2.05, 4.69) is 10.6 Å². The first-order valence-electron chi connectivity index (χ1n) is 5.61. The molecule has 5 heteroatoms. The van der Waals surface area contributed by atoms with Crippen LogP contribution in [0.25, 0.3) is 0 Å². The fourth-order valence-corrected chi connectivity index (χ4v) is 4.11. The lowest BCUT2D eigenvalue weighted by Gasteiger charge is -2.16. The van der Waals surface area contributed by atoms with Crippen molar-refractivity contribution in [1.29, 1.82) is 0 Å². The molecule has 3 nitrogen and oxygen atoms in total. The van der Waals surface area contributed by atoms with Gasteiger partial charge in [-0.25, -0.2) is 0 Å². The monoisotopic (exact) mass is 246 g/mol. The molecule has 3 unspecified atom stereocenters. The van der Waals surface area contributed by atoms with Gasteiger partial charge in [0.05, 0.1) is 12.1 Å². The fourth-order valence-electron chi connectivity index (χ4n) is 2.28. The van der Waals surface area contributed by atoms with Crippen LogP contribution in [0.15, 0.2) is 0 Å². The minimum atomic E-state index is 0.327. The molecule has 0 radical (unpaired) electrons. The predicted molar refractivity (Wildman–Crippen MR) is 68.2 cm³/mol. The van der Waals surface area contributed by atoms with Crippen LogP contribution in [0, 0.1) is 0 Å². The molecule has 2 aliphatic rings. The molecule has 0 bridgehead atoms. The number of nitrogens with one attached hydrogen (secondary N) is 2. The molecule has 2 fully saturated rings. The van der Waals surface area contributed by atoms with E-state index >= 15 is 0 Å². The van der Waals surface area contributed by atoms with Gasteiger partial charge in [-0.3, -0.25) is 0 Å². The van der Waals surface area contributed by atoms with E-state index in [0.29, 0.717) is 23.9 Å². The van der Waals surface area contributed by atoms with Crippen molar-refractivity contribution in [2.45, 2.75) is 43.0 Å². The first-order chi connectivity index (χ1) is 7.31. The SMILES string of the molecule is OCCCCCC1SCC2NC(=S)NC21. The first-order valence-corrected chi connectivity index (χ1v) is 7.06. The molecule has 3 N–H and O–H groups in total. The summed E-state index contributed by atoms with van der Waals surface area (Å²) in [6.45, 7) is 0.327. The summed E-state index contributed by atoms with van der Waals surface area (Å²) in [5.41, 5.74) is 0. The number of fused-ring (bicyclic) bond motifs is 1. The largest absolute Gasteiger partial charge is 0.396 e. The Hall–Kier alpha value is -0.0000000000000000278. The van der Waals surface area contributed by atoms with Gasteiger partial charge in [0, 0.05) is 17.6 Å². The Morgan fingerprint density at radius 2 is 2.20 bits per heavy atom. The van der Waals surface area contributed by atoms with Gasteiger partial charge in [0.1, 0.15) is 0 Å². The van der Waals surface area contributed by atoms with Crippen molar-refractivity contribution in [2.24, 2.45) is 0 Å². The highest BCUT2D eigenvalue weighted by Gasteiger charge is 2.41. The molecule has 0 aromatic carbocycles. The van der Waals surface area contributed by atoms with Crippen molar-refractivity contribution in [1.82, 2.24) is 10.6 Å². The molecular formula is C10H18N2OS2. The third kappa shape index (κ3) is 2.77. The fraction of sp³-hybridized carbons (Fsp3) is 0.900. The summed E-state index contributed by atoms with van der Waals surface area (Å²) in [6, 6.07) is 1.09. The van der Waals surface area contributed by atoms with E-state index in [1.807, 2.05) is 11.8 Å². The van der Waals surface area contributed by atoms with Crippen molar-refractivity contribution in [3.8, 4) is 0 Å². The maximum Gasteiger partial charge on any atom is 0.166 e. The lowest BCUT2D eigenvalue weighted by Crippen LogP contribution is -2.36. The summed E-state index contributed by atoms with van der Waals surface area (Å²) >= 11 is 7.16. The Morgan fingerprint density at radius 3 is 3.00 bits per heavy atom. The van der Waals surface area contributed by atoms with Crippen LogP contribution in [0.1, 0.15) is 25.7 Å². The molecule has 2 rings (SSSR count). The van der Waals surface area contributed by atoms with Crippen molar-refractivity contribution in [3.63, 3.8) is 0 Å². The Bertz CT molecular complexity index is 237. The van der Waals surface area contributed by atoms with E-state index in [-0.39, 0.29) is 0 Å². The van der Waals surface area contributed by atoms with Crippen molar-refractivity contribution in [2.75, 3.05) is 12.4 Å². The quantitative estimate of drug-likeness (QED) is 0.496. The van der Waals surface area contributed by atoms with Gasteiger partial charge in [-0.15, -0.1) is 0 Å². The van der Waals surface area contributed by atoms with Gasteiger partial charge in [0.2, 0.25) is 0 Å². The summed E-state index contributed by atoms with van der Waals surface area (Å²) in [5.74, 6) is 1.17. The van der Waals surface area contributed by atoms with Crippen LogP contribution in [-0.2, 0) is 0 Å². The van der Waals surface area contributed by atoms with Crippen molar-refractivity contribution in [3.05, 3.63) is 0 Å². The Kier molecular flexibility index (Phi) is 4.11. The lowest BCUT2D eigenvalue weighted by molar-refractivity contribution is 0.282. The zero-order valence-electron chi connectivity index (χ0n) is 8.74. The number of hydrogen-bond donors (Lipinski definition) is 3. The molecule has 0 aliphatic carbocycles. The van der Waals surface area contributed by atoms with E-state index in [1.165, 1.54) is 18.6 Å². The topological polar surface area (TPSA) is 44.3 Å². The summed E-state index contributed by atoms with van der Waals surface area (Å²) < 4.78 is 0. The van der Waals surface area contributed by atoms with Gasteiger partial charge in [-0.1, -0.05) is 12.8 Å². The van der Waals surface area contributed by atoms with Crippen LogP contribution in [-0.4, -0.2) is 39.9 Å². The van der Waals surface area contributed by atoms with E-state index in [1.54, 1.807) is 0 Å². The number of rotatable bonds is 5. The second-order valence-electron chi connectivity index (χ2n) is 4.19. The van der Waals surface area contributed by atoms with Gasteiger partial charge >= 0.3 is 0 Å². The highest BCUT2D eigenvalue weighted by Crippen LogP contribution is 2.33. The molecular weight excluding hydrogens is 228 g/mol. The van der Waals surface area contributed by atoms with Gasteiger partial charge in [0.25, 0.3) is 0 Å². The molecule has 86 valence electrons. The van der Waals surface area contributed by atoms with Gasteiger partial charge in [-0.2, -0.15) is 11.8 Å². The van der Waals surface area contributed by atoms with E-state index in [9.17, 15) is 0 Å². The number of thioether (sulfide) groups is 1. The maximum absolute atomic E-state index is 8.70. The molecule has 2 aliphatic heterocycles. The Balaban J connectivity index is 1.72. The second-order valence-corrected chi connectivity index (χ2v) is 5.88.